The molecule has 0 saturated carbocycles. The monoisotopic (exact) mass is 397 g/mol. The van der Waals surface area contributed by atoms with E-state index in [-0.39, 0.29) is 0 Å². The molecule has 156 valence electrons. The quantitative estimate of drug-likeness (QED) is 0.552. The molecule has 1 saturated heterocycles. The normalized spacial score (nSPS) is 15.0. The Labute approximate surface area is 172 Å². The van der Waals surface area contributed by atoms with Gasteiger partial charge >= 0.3 is 0 Å². The van der Waals surface area contributed by atoms with Gasteiger partial charge in [-0.3, -0.25) is 0 Å². The molecule has 7 nitrogen and oxygen atoms in total. The molecule has 0 unspecified atom stereocenters. The summed E-state index contributed by atoms with van der Waals surface area (Å²) in [5.41, 5.74) is 8.20. The molecule has 3 rings (SSSR count). The number of nitrogens with two attached hydrogens (primary N) is 1. The van der Waals surface area contributed by atoms with Crippen LogP contribution in [0.25, 0.3) is 0 Å². The lowest BCUT2D eigenvalue weighted by Crippen LogP contribution is -2.31. The number of hydrogen-bond acceptors (Lipinski definition) is 5. The van der Waals surface area contributed by atoms with Crippen molar-refractivity contribution in [1.29, 1.82) is 0 Å². The van der Waals surface area contributed by atoms with Crippen molar-refractivity contribution in [3.8, 4) is 11.5 Å². The van der Waals surface area contributed by atoms with E-state index in [4.69, 9.17) is 15.2 Å². The fraction of sp³-hybridized carbons (Fsp3) is 0.455. The van der Waals surface area contributed by atoms with E-state index in [0.29, 0.717) is 30.5 Å². The molecule has 0 bridgehead atoms. The van der Waals surface area contributed by atoms with Crippen molar-refractivity contribution in [2.75, 3.05) is 32.2 Å². The van der Waals surface area contributed by atoms with Gasteiger partial charge in [-0.2, -0.15) is 0 Å². The van der Waals surface area contributed by atoms with Gasteiger partial charge in [-0.05, 0) is 48.2 Å². The Kier molecular flexibility index (Phi) is 7.55. The zero-order valence-corrected chi connectivity index (χ0v) is 17.4. The zero-order valence-electron chi connectivity index (χ0n) is 17.4. The summed E-state index contributed by atoms with van der Waals surface area (Å²) < 4.78 is 10.6. The summed E-state index contributed by atoms with van der Waals surface area (Å²) in [6.07, 6.45) is 6.96. The maximum Gasteiger partial charge on any atom is 0.189 e. The van der Waals surface area contributed by atoms with Crippen LogP contribution in [-0.4, -0.2) is 38.3 Å². The second-order valence-electron chi connectivity index (χ2n) is 7.17. The fourth-order valence-electron chi connectivity index (χ4n) is 3.45. The minimum absolute atomic E-state index is 0.410. The highest BCUT2D eigenvalue weighted by molar-refractivity contribution is 5.77. The highest BCUT2D eigenvalue weighted by Crippen LogP contribution is 2.27. The Morgan fingerprint density at radius 2 is 1.79 bits per heavy atom. The lowest BCUT2D eigenvalue weighted by Gasteiger charge is -2.21. The van der Waals surface area contributed by atoms with E-state index in [9.17, 15) is 0 Å². The summed E-state index contributed by atoms with van der Waals surface area (Å²) in [4.78, 5) is 11.4. The maximum atomic E-state index is 6.05. The summed E-state index contributed by atoms with van der Waals surface area (Å²) >= 11 is 0. The summed E-state index contributed by atoms with van der Waals surface area (Å²) in [6.45, 7) is 3.25. The topological polar surface area (TPSA) is 85.0 Å². The molecule has 2 heterocycles. The highest BCUT2D eigenvalue weighted by atomic mass is 16.5. The van der Waals surface area contributed by atoms with E-state index >= 15 is 0 Å². The number of hydrogen-bond donors (Lipinski definition) is 2. The standard InChI is InChI=1S/C22H31N5O2/c1-28-19-8-7-17(13-20(19)29-2)15-25-22(23)26-16-18-9-10-24-21(14-18)27-11-5-3-4-6-12-27/h7-10,13-14H,3-6,11-12,15-16H2,1-2H3,(H3,23,25,26). The van der Waals surface area contributed by atoms with Crippen LogP contribution in [0.5, 0.6) is 11.5 Å². The molecule has 0 radical (unpaired) electrons. The first-order valence-electron chi connectivity index (χ1n) is 10.1. The van der Waals surface area contributed by atoms with Gasteiger partial charge in [0.1, 0.15) is 5.82 Å². The van der Waals surface area contributed by atoms with Crippen molar-refractivity contribution in [3.05, 3.63) is 47.7 Å². The first-order chi connectivity index (χ1) is 14.2. The van der Waals surface area contributed by atoms with Crippen LogP contribution >= 0.6 is 0 Å². The number of pyridine rings is 1. The number of nitrogens with one attached hydrogen (secondary N) is 1. The number of methoxy groups -OCH3 is 2. The molecular weight excluding hydrogens is 366 g/mol. The van der Waals surface area contributed by atoms with Gasteiger partial charge in [0.05, 0.1) is 20.8 Å². The van der Waals surface area contributed by atoms with Gasteiger partial charge in [-0.1, -0.05) is 18.9 Å². The Morgan fingerprint density at radius 3 is 2.52 bits per heavy atom. The predicted octanol–water partition coefficient (Wildman–Crippen LogP) is 3.08. The Hall–Kier alpha value is -2.96. The average Bonchev–Trinajstić information content (AvgIpc) is 3.06. The van der Waals surface area contributed by atoms with Crippen LogP contribution in [0.4, 0.5) is 5.82 Å². The number of aliphatic imine (C=N–C) groups is 1. The fourth-order valence-corrected chi connectivity index (χ4v) is 3.45. The van der Waals surface area contributed by atoms with E-state index in [2.05, 4.69) is 26.3 Å². The number of guanidine groups is 1. The number of ether oxygens (including phenoxy) is 2. The summed E-state index contributed by atoms with van der Waals surface area (Å²) in [5, 5.41) is 3.19. The van der Waals surface area contributed by atoms with Gasteiger partial charge in [-0.15, -0.1) is 0 Å². The minimum Gasteiger partial charge on any atom is -0.493 e. The third-order valence-electron chi connectivity index (χ3n) is 5.09. The molecule has 1 aliphatic rings. The maximum absolute atomic E-state index is 6.05. The van der Waals surface area contributed by atoms with Crippen LogP contribution in [0.15, 0.2) is 41.5 Å². The first kappa shape index (κ1) is 20.8. The van der Waals surface area contributed by atoms with Crippen LogP contribution < -0.4 is 25.4 Å². The van der Waals surface area contributed by atoms with Gasteiger partial charge in [0.2, 0.25) is 0 Å². The molecule has 29 heavy (non-hydrogen) atoms. The third-order valence-corrected chi connectivity index (χ3v) is 5.09. The molecule has 7 heteroatoms. The smallest absolute Gasteiger partial charge is 0.189 e. The zero-order chi connectivity index (χ0) is 20.5. The Morgan fingerprint density at radius 1 is 1.03 bits per heavy atom. The number of benzene rings is 1. The summed E-state index contributed by atoms with van der Waals surface area (Å²) in [5.74, 6) is 2.84. The van der Waals surface area contributed by atoms with Gasteiger partial charge in [-0.25, -0.2) is 9.98 Å². The number of rotatable bonds is 7. The van der Waals surface area contributed by atoms with Crippen molar-refractivity contribution in [1.82, 2.24) is 10.3 Å². The van der Waals surface area contributed by atoms with Crippen molar-refractivity contribution in [3.63, 3.8) is 0 Å². The Balaban J connectivity index is 1.56. The van der Waals surface area contributed by atoms with E-state index in [1.807, 2.05) is 30.5 Å². The molecule has 3 N–H and O–H groups in total. The highest BCUT2D eigenvalue weighted by Gasteiger charge is 2.11. The summed E-state index contributed by atoms with van der Waals surface area (Å²) in [7, 11) is 3.24. The largest absolute Gasteiger partial charge is 0.493 e. The van der Waals surface area contributed by atoms with E-state index in [1.165, 1.54) is 25.7 Å². The van der Waals surface area contributed by atoms with E-state index in [1.54, 1.807) is 14.2 Å². The molecule has 0 aliphatic carbocycles. The van der Waals surface area contributed by atoms with Crippen LogP contribution in [0.2, 0.25) is 0 Å². The number of anilines is 1. The van der Waals surface area contributed by atoms with Crippen LogP contribution in [0.1, 0.15) is 36.8 Å². The van der Waals surface area contributed by atoms with Crippen molar-refractivity contribution >= 4 is 11.8 Å². The van der Waals surface area contributed by atoms with Gasteiger partial charge in [0.25, 0.3) is 0 Å². The molecular formula is C22H31N5O2. The molecule has 0 atom stereocenters. The first-order valence-corrected chi connectivity index (χ1v) is 10.1. The van der Waals surface area contributed by atoms with Crippen molar-refractivity contribution < 1.29 is 9.47 Å². The Bertz CT molecular complexity index is 817. The lowest BCUT2D eigenvalue weighted by molar-refractivity contribution is 0.354. The van der Waals surface area contributed by atoms with E-state index in [0.717, 1.165) is 30.0 Å². The molecule has 1 fully saturated rings. The molecule has 1 aliphatic heterocycles. The molecule has 2 aromatic rings. The van der Waals surface area contributed by atoms with Crippen LogP contribution in [0.3, 0.4) is 0 Å². The second-order valence-corrected chi connectivity index (χ2v) is 7.17. The van der Waals surface area contributed by atoms with Crippen LogP contribution in [0, 0.1) is 0 Å². The predicted molar refractivity (Wildman–Crippen MR) is 117 cm³/mol. The van der Waals surface area contributed by atoms with Gasteiger partial charge in [0, 0.05) is 25.8 Å². The molecule has 0 spiro atoms. The SMILES string of the molecule is COc1ccc(CN=C(N)NCc2ccnc(N3CCCCCC3)c2)cc1OC. The minimum atomic E-state index is 0.410. The number of nitrogens with zero attached hydrogens (tertiary/aromatic N) is 3. The molecule has 1 aromatic carbocycles. The lowest BCUT2D eigenvalue weighted by atomic mass is 10.2. The molecule has 1 aromatic heterocycles. The van der Waals surface area contributed by atoms with Crippen molar-refractivity contribution in [2.45, 2.75) is 38.8 Å². The van der Waals surface area contributed by atoms with E-state index < -0.39 is 0 Å². The average molecular weight is 398 g/mol. The summed E-state index contributed by atoms with van der Waals surface area (Å²) in [6, 6.07) is 9.88. The third kappa shape index (κ3) is 6.01. The van der Waals surface area contributed by atoms with Gasteiger partial charge in [0.15, 0.2) is 17.5 Å². The van der Waals surface area contributed by atoms with Crippen molar-refractivity contribution in [2.24, 2.45) is 10.7 Å². The number of aromatic nitrogens is 1. The molecule has 0 amide bonds. The van der Waals surface area contributed by atoms with Crippen LogP contribution in [-0.2, 0) is 13.1 Å². The second kappa shape index (κ2) is 10.5. The van der Waals surface area contributed by atoms with Gasteiger partial charge < -0.3 is 25.4 Å².